The van der Waals surface area contributed by atoms with Crippen LogP contribution in [-0.4, -0.2) is 121 Å². The summed E-state index contributed by atoms with van der Waals surface area (Å²) in [5.41, 5.74) is -2.16. The second-order valence-corrected chi connectivity index (χ2v) is 6.70. The van der Waals surface area contributed by atoms with Gasteiger partial charge in [0.1, 0.15) is 49.3 Å². The van der Waals surface area contributed by atoms with Crippen molar-refractivity contribution >= 4 is 5.97 Å². The van der Waals surface area contributed by atoms with E-state index in [0.29, 0.717) is 5.06 Å². The molecule has 7 unspecified atom stereocenters. The largest absolute Gasteiger partial charge is 0.463 e. The van der Waals surface area contributed by atoms with E-state index >= 15 is 0 Å². The third-order valence-corrected chi connectivity index (χ3v) is 4.89. The van der Waals surface area contributed by atoms with E-state index in [0.717, 1.165) is 6.92 Å². The van der Waals surface area contributed by atoms with Crippen LogP contribution in [0.5, 0.6) is 0 Å². The molecule has 3 aliphatic rings. The van der Waals surface area contributed by atoms with Crippen molar-refractivity contribution in [2.45, 2.75) is 67.9 Å². The molecule has 0 radical (unpaired) electrons. The fourth-order valence-corrected chi connectivity index (χ4v) is 3.22. The average molecular weight is 397 g/mol. The highest BCUT2D eigenvalue weighted by molar-refractivity contribution is 5.65. The first-order chi connectivity index (χ1) is 12.6. The lowest BCUT2D eigenvalue weighted by Gasteiger charge is -2.43. The lowest BCUT2D eigenvalue weighted by molar-refractivity contribution is -0.337. The van der Waals surface area contributed by atoms with Gasteiger partial charge in [-0.15, -0.1) is 5.06 Å². The topological polar surface area (TPSA) is 199 Å². The number of ether oxygens (including phenoxy) is 4. The van der Waals surface area contributed by atoms with Crippen molar-refractivity contribution < 1.29 is 59.6 Å². The Hall–Kier alpha value is -0.970. The minimum absolute atomic E-state index is 0.337. The molecule has 0 aromatic rings. The molecule has 3 fully saturated rings. The summed E-state index contributed by atoms with van der Waals surface area (Å²) in [6.45, 7) is 0.0279. The maximum Gasteiger partial charge on any atom is 0.302 e. The lowest BCUT2D eigenvalue weighted by atomic mass is 9.97. The van der Waals surface area contributed by atoms with Crippen molar-refractivity contribution in [3.05, 3.63) is 0 Å². The van der Waals surface area contributed by atoms with Gasteiger partial charge in [0, 0.05) is 6.92 Å². The number of hydrogen-bond donors (Lipinski definition) is 7. The summed E-state index contributed by atoms with van der Waals surface area (Å²) < 4.78 is 20.7. The molecule has 7 N–H and O–H groups in total. The molecule has 3 aliphatic heterocycles. The second kappa shape index (κ2) is 7.46. The molecule has 0 bridgehead atoms. The van der Waals surface area contributed by atoms with Gasteiger partial charge in [0.15, 0.2) is 12.5 Å². The Balaban J connectivity index is 1.72. The van der Waals surface area contributed by atoms with Crippen molar-refractivity contribution in [2.24, 2.45) is 0 Å². The zero-order valence-corrected chi connectivity index (χ0v) is 14.2. The number of esters is 1. The molecule has 3 rings (SSSR count). The summed E-state index contributed by atoms with van der Waals surface area (Å²) in [7, 11) is 0. The molecule has 0 spiro atoms. The Morgan fingerprint density at radius 2 is 1.78 bits per heavy atom. The minimum Gasteiger partial charge on any atom is -0.463 e. The van der Waals surface area contributed by atoms with Crippen LogP contribution in [-0.2, 0) is 23.7 Å². The number of fused-ring (bicyclic) bond motifs is 1. The Kier molecular flexibility index (Phi) is 5.73. The van der Waals surface area contributed by atoms with Gasteiger partial charge in [0.25, 0.3) is 0 Å². The average Bonchev–Trinajstić information content (AvgIpc) is 3.17. The Morgan fingerprint density at radius 1 is 1.11 bits per heavy atom. The van der Waals surface area contributed by atoms with Crippen molar-refractivity contribution in [2.75, 3.05) is 13.2 Å². The zero-order chi connectivity index (χ0) is 20.1. The first kappa shape index (κ1) is 20.8. The zero-order valence-electron chi connectivity index (χ0n) is 14.2. The third-order valence-electron chi connectivity index (χ3n) is 4.89. The van der Waals surface area contributed by atoms with Gasteiger partial charge >= 0.3 is 5.97 Å². The van der Waals surface area contributed by atoms with Crippen LogP contribution < -0.4 is 0 Å². The number of rotatable bonds is 5. The standard InChI is InChI=1S/C14H23NO12/c1-4(17)24-3-6-7(18)8(19)9(20)12(25-6)27-10-5(2-16)26-13-14(22,11(10)21)15(13)23/h5-13,16,18-23H,2-3H2,1H3/t5?,6?,7-,8?,9?,10+,11?,12-,13+,14?,15?/m0/s1. The molecule has 0 aliphatic carbocycles. The molecule has 3 heterocycles. The molecule has 0 amide bonds. The van der Waals surface area contributed by atoms with Crippen LogP contribution in [0.15, 0.2) is 0 Å². The van der Waals surface area contributed by atoms with Gasteiger partial charge in [-0.25, -0.2) is 0 Å². The van der Waals surface area contributed by atoms with E-state index in [1.54, 1.807) is 0 Å². The number of aliphatic hydroxyl groups excluding tert-OH is 5. The fraction of sp³-hybridized carbons (Fsp3) is 0.929. The maximum absolute atomic E-state index is 10.9. The van der Waals surface area contributed by atoms with E-state index in [1.807, 2.05) is 0 Å². The maximum atomic E-state index is 10.9. The molecule has 13 nitrogen and oxygen atoms in total. The SMILES string of the molecule is CC(=O)OCC1O[C@@H](O[C@@H]2C(CO)O[C@H]3N(O)C3(O)C2O)C(O)C(O)[C@H]1O. The molecule has 11 atom stereocenters. The number of nitrogens with zero attached hydrogens (tertiary/aromatic N) is 1. The van der Waals surface area contributed by atoms with Gasteiger partial charge in [0.2, 0.25) is 5.72 Å². The Morgan fingerprint density at radius 3 is 2.37 bits per heavy atom. The van der Waals surface area contributed by atoms with Gasteiger partial charge in [-0.05, 0) is 0 Å². The minimum atomic E-state index is -2.16. The number of hydrogen-bond acceptors (Lipinski definition) is 13. The van der Waals surface area contributed by atoms with E-state index in [9.17, 15) is 40.6 Å². The summed E-state index contributed by atoms with van der Waals surface area (Å²) in [6.07, 6.45) is -13.7. The van der Waals surface area contributed by atoms with Crippen LogP contribution in [0.2, 0.25) is 0 Å². The lowest BCUT2D eigenvalue weighted by Crippen LogP contribution is -2.63. The highest BCUT2D eigenvalue weighted by atomic mass is 16.7. The molecular weight excluding hydrogens is 374 g/mol. The van der Waals surface area contributed by atoms with Crippen LogP contribution in [0.3, 0.4) is 0 Å². The number of aliphatic hydroxyl groups is 6. The number of hydroxylamine groups is 2. The Bertz CT molecular complexity index is 564. The summed E-state index contributed by atoms with van der Waals surface area (Å²) >= 11 is 0. The van der Waals surface area contributed by atoms with Gasteiger partial charge in [-0.3, -0.25) is 4.79 Å². The first-order valence-electron chi connectivity index (χ1n) is 8.26. The third kappa shape index (κ3) is 3.45. The first-order valence-corrected chi connectivity index (χ1v) is 8.26. The monoisotopic (exact) mass is 397 g/mol. The van der Waals surface area contributed by atoms with Gasteiger partial charge in [-0.1, -0.05) is 0 Å². The normalized spacial score (nSPS) is 52.1. The molecule has 156 valence electrons. The highest BCUT2D eigenvalue weighted by Gasteiger charge is 2.74. The van der Waals surface area contributed by atoms with Gasteiger partial charge in [0.05, 0.1) is 6.61 Å². The molecule has 0 saturated carbocycles. The van der Waals surface area contributed by atoms with Crippen LogP contribution in [0.4, 0.5) is 0 Å². The predicted molar refractivity (Wildman–Crippen MR) is 78.5 cm³/mol. The predicted octanol–water partition coefficient (Wildman–Crippen LogP) is -4.79. The van der Waals surface area contributed by atoms with Crippen molar-refractivity contribution in [1.29, 1.82) is 0 Å². The summed E-state index contributed by atoms with van der Waals surface area (Å²) in [5.74, 6) is -0.662. The highest BCUT2D eigenvalue weighted by Crippen LogP contribution is 2.47. The van der Waals surface area contributed by atoms with E-state index in [-0.39, 0.29) is 0 Å². The smallest absolute Gasteiger partial charge is 0.302 e. The number of carbonyl (C=O) groups is 1. The summed E-state index contributed by atoms with van der Waals surface area (Å²) in [6, 6.07) is 0. The van der Waals surface area contributed by atoms with E-state index < -0.39 is 80.2 Å². The van der Waals surface area contributed by atoms with Gasteiger partial charge < -0.3 is 54.8 Å². The summed E-state index contributed by atoms with van der Waals surface area (Å²) in [5, 5.41) is 69.8. The van der Waals surface area contributed by atoms with E-state index in [1.165, 1.54) is 0 Å². The van der Waals surface area contributed by atoms with Crippen LogP contribution in [0.1, 0.15) is 6.92 Å². The molecule has 0 aromatic heterocycles. The molecule has 27 heavy (non-hydrogen) atoms. The van der Waals surface area contributed by atoms with Crippen LogP contribution in [0, 0.1) is 0 Å². The molecule has 3 saturated heterocycles. The quantitative estimate of drug-likeness (QED) is 0.172. The summed E-state index contributed by atoms with van der Waals surface area (Å²) in [4.78, 5) is 10.9. The van der Waals surface area contributed by atoms with E-state index in [4.69, 9.17) is 18.9 Å². The van der Waals surface area contributed by atoms with Crippen LogP contribution >= 0.6 is 0 Å². The second-order valence-electron chi connectivity index (χ2n) is 6.70. The molecule has 13 heteroatoms. The van der Waals surface area contributed by atoms with Crippen LogP contribution in [0.25, 0.3) is 0 Å². The molecule has 0 aromatic carbocycles. The van der Waals surface area contributed by atoms with E-state index in [2.05, 4.69) is 0 Å². The van der Waals surface area contributed by atoms with Crippen molar-refractivity contribution in [3.63, 3.8) is 0 Å². The Labute approximate surface area is 152 Å². The fourth-order valence-electron chi connectivity index (χ4n) is 3.22. The van der Waals surface area contributed by atoms with Gasteiger partial charge in [-0.2, -0.15) is 0 Å². The number of carbonyl (C=O) groups excluding carboxylic acids is 1. The van der Waals surface area contributed by atoms with Crippen molar-refractivity contribution in [1.82, 2.24) is 5.06 Å². The molecular formula is C14H23NO12. The van der Waals surface area contributed by atoms with Crippen molar-refractivity contribution in [3.8, 4) is 0 Å².